The predicted molar refractivity (Wildman–Crippen MR) is 89.7 cm³/mol. The van der Waals surface area contributed by atoms with Crippen LogP contribution in [0.2, 0.25) is 0 Å². The summed E-state index contributed by atoms with van der Waals surface area (Å²) in [6.07, 6.45) is 2.01. The van der Waals surface area contributed by atoms with E-state index in [1.807, 2.05) is 0 Å². The van der Waals surface area contributed by atoms with Crippen molar-refractivity contribution in [3.63, 3.8) is 0 Å². The molecule has 0 radical (unpaired) electrons. The van der Waals surface area contributed by atoms with Gasteiger partial charge in [0, 0.05) is 0 Å². The first-order chi connectivity index (χ1) is 10.3. The van der Waals surface area contributed by atoms with Crippen molar-refractivity contribution in [2.45, 2.75) is 19.8 Å². The molecule has 3 aromatic carbocycles. The molecule has 0 saturated carbocycles. The van der Waals surface area contributed by atoms with E-state index < -0.39 is 0 Å². The van der Waals surface area contributed by atoms with Crippen LogP contribution in [0.25, 0.3) is 0 Å². The Morgan fingerprint density at radius 2 is 1.05 bits per heavy atom. The zero-order valence-electron chi connectivity index (χ0n) is 12.4. The number of aryl methyl sites for hydroxylation is 1. The molecule has 0 N–H and O–H groups in total. The van der Waals surface area contributed by atoms with Crippen LogP contribution in [0.5, 0.6) is 0 Å². The van der Waals surface area contributed by atoms with Crippen molar-refractivity contribution in [1.82, 2.24) is 0 Å². The molecule has 0 unspecified atom stereocenters. The van der Waals surface area contributed by atoms with Gasteiger partial charge in [0.15, 0.2) is 0 Å². The summed E-state index contributed by atoms with van der Waals surface area (Å²) in [6.45, 7) is 2.15. The van der Waals surface area contributed by atoms with E-state index >= 15 is 0 Å². The molecule has 0 bridgehead atoms. The zero-order chi connectivity index (χ0) is 14.5. The van der Waals surface area contributed by atoms with Crippen molar-refractivity contribution in [2.24, 2.45) is 0 Å². The molecule has 0 atom stereocenters. The summed E-state index contributed by atoms with van der Waals surface area (Å²) in [7, 11) is 0. The molecule has 0 aliphatic heterocycles. The quantitative estimate of drug-likeness (QED) is 0.614. The van der Waals surface area contributed by atoms with Gasteiger partial charge in [-0.05, 0) is 42.0 Å². The third-order valence-corrected chi connectivity index (χ3v) is 3.73. The Labute approximate surface area is 127 Å². The molecule has 104 valence electrons. The van der Waals surface area contributed by atoms with Crippen LogP contribution in [-0.2, 0) is 12.8 Å². The van der Waals surface area contributed by atoms with Gasteiger partial charge < -0.3 is 0 Å². The Morgan fingerprint density at radius 3 is 1.71 bits per heavy atom. The van der Waals surface area contributed by atoms with Gasteiger partial charge in [0.2, 0.25) is 0 Å². The van der Waals surface area contributed by atoms with Crippen molar-refractivity contribution in [1.29, 1.82) is 0 Å². The lowest BCUT2D eigenvalue weighted by atomic mass is 9.99. The summed E-state index contributed by atoms with van der Waals surface area (Å²) >= 11 is 0. The van der Waals surface area contributed by atoms with Crippen molar-refractivity contribution in [2.75, 3.05) is 0 Å². The molecule has 0 amide bonds. The van der Waals surface area contributed by atoms with E-state index in [1.54, 1.807) is 0 Å². The topological polar surface area (TPSA) is 0 Å². The van der Waals surface area contributed by atoms with Gasteiger partial charge >= 0.3 is 0 Å². The molecule has 0 spiro atoms. The monoisotopic (exact) mass is 272 g/mol. The maximum absolute atomic E-state index is 2.33. The van der Waals surface area contributed by atoms with Crippen LogP contribution in [0.1, 0.15) is 27.8 Å². The van der Waals surface area contributed by atoms with E-state index in [1.165, 1.54) is 27.8 Å². The number of hydrogen-bond donors (Lipinski definition) is 0. The Morgan fingerprint density at radius 1 is 0.524 bits per heavy atom. The first-order valence-corrected chi connectivity index (χ1v) is 7.47. The highest BCUT2D eigenvalue weighted by molar-refractivity contribution is 5.33. The molecule has 3 rings (SSSR count). The molecule has 0 saturated heterocycles. The van der Waals surface area contributed by atoms with E-state index in [2.05, 4.69) is 85.8 Å². The van der Waals surface area contributed by atoms with Crippen LogP contribution >= 0.6 is 0 Å². The molecule has 3 aromatic rings. The van der Waals surface area contributed by atoms with Gasteiger partial charge in [-0.25, -0.2) is 0 Å². The second-order valence-electron chi connectivity index (χ2n) is 5.65. The van der Waals surface area contributed by atoms with Crippen molar-refractivity contribution in [3.8, 4) is 0 Å². The summed E-state index contributed by atoms with van der Waals surface area (Å²) in [5.74, 6) is 0. The van der Waals surface area contributed by atoms with Gasteiger partial charge in [0.1, 0.15) is 0 Å². The molecule has 21 heavy (non-hydrogen) atoms. The Hall–Kier alpha value is -2.34. The van der Waals surface area contributed by atoms with E-state index in [-0.39, 0.29) is 0 Å². The van der Waals surface area contributed by atoms with Crippen molar-refractivity contribution >= 4 is 0 Å². The average molecular weight is 272 g/mol. The van der Waals surface area contributed by atoms with Crippen LogP contribution in [0.3, 0.4) is 0 Å². The minimum atomic E-state index is 1.00. The SMILES string of the molecule is Cc1cccc(Cc2cccc(Cc3ccccc3)c2)c1. The third-order valence-electron chi connectivity index (χ3n) is 3.73. The second kappa shape index (κ2) is 6.41. The highest BCUT2D eigenvalue weighted by Crippen LogP contribution is 2.15. The van der Waals surface area contributed by atoms with Crippen LogP contribution in [-0.4, -0.2) is 0 Å². The first kappa shape index (κ1) is 13.6. The Balaban J connectivity index is 1.77. The lowest BCUT2D eigenvalue weighted by molar-refractivity contribution is 1.13. The largest absolute Gasteiger partial charge is 0.0622 e. The minimum Gasteiger partial charge on any atom is -0.0622 e. The summed E-state index contributed by atoms with van der Waals surface area (Å²) < 4.78 is 0. The molecular weight excluding hydrogens is 252 g/mol. The number of benzene rings is 3. The second-order valence-corrected chi connectivity index (χ2v) is 5.65. The van der Waals surface area contributed by atoms with Gasteiger partial charge in [0.05, 0.1) is 0 Å². The minimum absolute atomic E-state index is 1.00. The molecule has 0 aliphatic carbocycles. The maximum Gasteiger partial charge on any atom is -0.00256 e. The van der Waals surface area contributed by atoms with E-state index in [0.717, 1.165) is 12.8 Å². The smallest absolute Gasteiger partial charge is 0.00256 e. The lowest BCUT2D eigenvalue weighted by Crippen LogP contribution is -1.92. The summed E-state index contributed by atoms with van der Waals surface area (Å²) in [5.41, 5.74) is 6.84. The van der Waals surface area contributed by atoms with Crippen molar-refractivity contribution < 1.29 is 0 Å². The summed E-state index contributed by atoms with van der Waals surface area (Å²) in [5, 5.41) is 0. The Bertz CT molecular complexity index is 711. The number of hydrogen-bond acceptors (Lipinski definition) is 0. The fourth-order valence-electron chi connectivity index (χ4n) is 2.74. The average Bonchev–Trinajstić information content (AvgIpc) is 2.49. The fraction of sp³-hybridized carbons (Fsp3) is 0.143. The van der Waals surface area contributed by atoms with Gasteiger partial charge in [-0.1, -0.05) is 84.4 Å². The Kier molecular flexibility index (Phi) is 4.16. The molecule has 0 nitrogen and oxygen atoms in total. The van der Waals surface area contributed by atoms with Crippen molar-refractivity contribution in [3.05, 3.63) is 107 Å². The van der Waals surface area contributed by atoms with Gasteiger partial charge in [-0.2, -0.15) is 0 Å². The van der Waals surface area contributed by atoms with Crippen LogP contribution < -0.4 is 0 Å². The summed E-state index contributed by atoms with van der Waals surface area (Å²) in [4.78, 5) is 0. The van der Waals surface area contributed by atoms with Gasteiger partial charge in [-0.15, -0.1) is 0 Å². The molecule has 0 fully saturated rings. The standard InChI is InChI=1S/C21H20/c1-17-7-5-10-19(13-17)15-21-12-6-11-20(16-21)14-18-8-3-2-4-9-18/h2-13,16H,14-15H2,1H3. The highest BCUT2D eigenvalue weighted by atomic mass is 14.1. The third kappa shape index (κ3) is 3.82. The van der Waals surface area contributed by atoms with Gasteiger partial charge in [0.25, 0.3) is 0 Å². The maximum atomic E-state index is 2.33. The van der Waals surface area contributed by atoms with Gasteiger partial charge in [-0.3, -0.25) is 0 Å². The first-order valence-electron chi connectivity index (χ1n) is 7.47. The van der Waals surface area contributed by atoms with E-state index in [9.17, 15) is 0 Å². The molecule has 0 aliphatic rings. The van der Waals surface area contributed by atoms with Crippen LogP contribution in [0.4, 0.5) is 0 Å². The molecule has 0 heteroatoms. The molecule has 0 aromatic heterocycles. The predicted octanol–water partition coefficient (Wildman–Crippen LogP) is 5.18. The molecule has 0 heterocycles. The van der Waals surface area contributed by atoms with E-state index in [0.29, 0.717) is 0 Å². The lowest BCUT2D eigenvalue weighted by Gasteiger charge is -2.07. The zero-order valence-corrected chi connectivity index (χ0v) is 12.4. The normalized spacial score (nSPS) is 10.5. The molecular formula is C21H20. The summed E-state index contributed by atoms with van der Waals surface area (Å²) in [6, 6.07) is 28.3. The highest BCUT2D eigenvalue weighted by Gasteiger charge is 2.00. The van der Waals surface area contributed by atoms with Crippen LogP contribution in [0.15, 0.2) is 78.9 Å². The van der Waals surface area contributed by atoms with E-state index in [4.69, 9.17) is 0 Å². The number of rotatable bonds is 4. The van der Waals surface area contributed by atoms with Crippen LogP contribution in [0, 0.1) is 6.92 Å². The fourth-order valence-corrected chi connectivity index (χ4v) is 2.74.